The molecule has 1 heterocycles. The molecule has 1 fully saturated rings. The predicted molar refractivity (Wildman–Crippen MR) is 82.9 cm³/mol. The van der Waals surface area contributed by atoms with Crippen LogP contribution in [0.4, 0.5) is 5.69 Å². The summed E-state index contributed by atoms with van der Waals surface area (Å²) in [6.45, 7) is 4.88. The molecule has 0 radical (unpaired) electrons. The molecule has 2 N–H and O–H groups in total. The van der Waals surface area contributed by atoms with Gasteiger partial charge in [0.25, 0.3) is 0 Å². The summed E-state index contributed by atoms with van der Waals surface area (Å²) in [5.41, 5.74) is 6.18. The van der Waals surface area contributed by atoms with Crippen LogP contribution in [-0.4, -0.2) is 57.5 Å². The third kappa shape index (κ3) is 3.66. The van der Waals surface area contributed by atoms with Crippen molar-refractivity contribution in [3.63, 3.8) is 0 Å². The Balaban J connectivity index is 2.36. The molecule has 1 aliphatic heterocycles. The van der Waals surface area contributed by atoms with Gasteiger partial charge in [-0.1, -0.05) is 0 Å². The number of nitrogen functional groups attached to an aromatic ring is 1. The second-order valence-corrected chi connectivity index (χ2v) is 7.11. The van der Waals surface area contributed by atoms with Gasteiger partial charge in [0.05, 0.1) is 6.61 Å². The van der Waals surface area contributed by atoms with Crippen molar-refractivity contribution in [2.24, 2.45) is 0 Å². The fraction of sp³-hybridized carbons (Fsp3) is 0.571. The summed E-state index contributed by atoms with van der Waals surface area (Å²) in [5.74, 6) is 0.365. The molecule has 6 nitrogen and oxygen atoms in total. The maximum absolute atomic E-state index is 12.9. The van der Waals surface area contributed by atoms with E-state index in [2.05, 4.69) is 4.90 Å². The number of anilines is 1. The van der Waals surface area contributed by atoms with Gasteiger partial charge in [-0.05, 0) is 45.1 Å². The molecular weight excluding hydrogens is 290 g/mol. The fourth-order valence-electron chi connectivity index (χ4n) is 2.40. The minimum absolute atomic E-state index is 0.161. The van der Waals surface area contributed by atoms with Gasteiger partial charge in [0, 0.05) is 25.3 Å². The van der Waals surface area contributed by atoms with Crippen LogP contribution >= 0.6 is 0 Å². The number of sulfonamides is 1. The van der Waals surface area contributed by atoms with Crippen LogP contribution in [0.5, 0.6) is 5.75 Å². The Morgan fingerprint density at radius 3 is 2.71 bits per heavy atom. The molecule has 21 heavy (non-hydrogen) atoms. The van der Waals surface area contributed by atoms with Crippen LogP contribution in [0.1, 0.15) is 13.3 Å². The molecule has 0 amide bonds. The van der Waals surface area contributed by atoms with E-state index in [4.69, 9.17) is 10.5 Å². The van der Waals surface area contributed by atoms with Gasteiger partial charge in [0.2, 0.25) is 10.0 Å². The SMILES string of the molecule is CCOc1ccc(N)cc1S(=O)(=O)N1CCCN(C)CC1. The number of benzene rings is 1. The average molecular weight is 313 g/mol. The summed E-state index contributed by atoms with van der Waals surface area (Å²) in [6.07, 6.45) is 0.821. The maximum Gasteiger partial charge on any atom is 0.246 e. The van der Waals surface area contributed by atoms with Gasteiger partial charge in [0.1, 0.15) is 10.6 Å². The van der Waals surface area contributed by atoms with Crippen molar-refractivity contribution in [1.29, 1.82) is 0 Å². The van der Waals surface area contributed by atoms with E-state index < -0.39 is 10.0 Å². The van der Waals surface area contributed by atoms with E-state index in [0.717, 1.165) is 19.5 Å². The van der Waals surface area contributed by atoms with Gasteiger partial charge >= 0.3 is 0 Å². The minimum atomic E-state index is -3.58. The van der Waals surface area contributed by atoms with Gasteiger partial charge in [-0.25, -0.2) is 8.42 Å². The number of nitrogens with two attached hydrogens (primary N) is 1. The zero-order valence-electron chi connectivity index (χ0n) is 12.6. The molecule has 0 aromatic heterocycles. The van der Waals surface area contributed by atoms with Gasteiger partial charge in [0.15, 0.2) is 0 Å². The Labute approximate surface area is 126 Å². The molecule has 0 spiro atoms. The second-order valence-electron chi connectivity index (χ2n) is 5.20. The highest BCUT2D eigenvalue weighted by Crippen LogP contribution is 2.29. The smallest absolute Gasteiger partial charge is 0.246 e. The molecular formula is C14H23N3O3S. The minimum Gasteiger partial charge on any atom is -0.492 e. The quantitative estimate of drug-likeness (QED) is 0.839. The first-order valence-corrected chi connectivity index (χ1v) is 8.60. The third-order valence-corrected chi connectivity index (χ3v) is 5.48. The molecule has 0 saturated carbocycles. The van der Waals surface area contributed by atoms with Crippen molar-refractivity contribution in [3.8, 4) is 5.75 Å². The summed E-state index contributed by atoms with van der Waals surface area (Å²) in [5, 5.41) is 0. The molecule has 0 bridgehead atoms. The molecule has 0 aliphatic carbocycles. The van der Waals surface area contributed by atoms with Crippen molar-refractivity contribution in [3.05, 3.63) is 18.2 Å². The maximum atomic E-state index is 12.9. The molecule has 0 atom stereocenters. The van der Waals surface area contributed by atoms with Gasteiger partial charge < -0.3 is 15.4 Å². The van der Waals surface area contributed by atoms with Crippen molar-refractivity contribution >= 4 is 15.7 Å². The molecule has 0 unspecified atom stereocenters. The normalized spacial score (nSPS) is 18.4. The predicted octanol–water partition coefficient (Wildman–Crippen LogP) is 0.994. The molecule has 1 aromatic carbocycles. The highest BCUT2D eigenvalue weighted by Gasteiger charge is 2.29. The van der Waals surface area contributed by atoms with Crippen LogP contribution in [0, 0.1) is 0 Å². The molecule has 1 saturated heterocycles. The first-order chi connectivity index (χ1) is 9.95. The molecule has 118 valence electrons. The number of ether oxygens (including phenoxy) is 1. The third-order valence-electron chi connectivity index (χ3n) is 3.56. The average Bonchev–Trinajstić information content (AvgIpc) is 2.66. The highest BCUT2D eigenvalue weighted by molar-refractivity contribution is 7.89. The van der Waals surface area contributed by atoms with Crippen LogP contribution in [0.2, 0.25) is 0 Å². The molecule has 2 rings (SSSR count). The number of hydrogen-bond acceptors (Lipinski definition) is 5. The summed E-state index contributed by atoms with van der Waals surface area (Å²) in [7, 11) is -1.58. The van der Waals surface area contributed by atoms with E-state index in [1.807, 2.05) is 14.0 Å². The second kappa shape index (κ2) is 6.64. The van der Waals surface area contributed by atoms with E-state index in [9.17, 15) is 8.42 Å². The van der Waals surface area contributed by atoms with Crippen LogP contribution in [-0.2, 0) is 10.0 Å². The van der Waals surface area contributed by atoms with Crippen LogP contribution in [0.15, 0.2) is 23.1 Å². The van der Waals surface area contributed by atoms with Crippen molar-refractivity contribution in [1.82, 2.24) is 9.21 Å². The van der Waals surface area contributed by atoms with Crippen LogP contribution in [0.25, 0.3) is 0 Å². The van der Waals surface area contributed by atoms with Crippen LogP contribution in [0.3, 0.4) is 0 Å². The van der Waals surface area contributed by atoms with E-state index in [-0.39, 0.29) is 4.90 Å². The number of likely N-dealkylation sites (N-methyl/N-ethyl adjacent to an activating group) is 1. The number of rotatable bonds is 4. The van der Waals surface area contributed by atoms with E-state index in [1.54, 1.807) is 12.1 Å². The zero-order valence-corrected chi connectivity index (χ0v) is 13.4. The Morgan fingerprint density at radius 2 is 2.00 bits per heavy atom. The zero-order chi connectivity index (χ0) is 15.5. The molecule has 1 aromatic rings. The monoisotopic (exact) mass is 313 g/mol. The standard InChI is InChI=1S/C14H23N3O3S/c1-3-20-13-6-5-12(15)11-14(13)21(18,19)17-8-4-7-16(2)9-10-17/h5-6,11H,3-4,7-10,15H2,1-2H3. The summed E-state index contributed by atoms with van der Waals surface area (Å²) in [6, 6.07) is 4.75. The number of hydrogen-bond donors (Lipinski definition) is 1. The lowest BCUT2D eigenvalue weighted by atomic mass is 10.3. The van der Waals surface area contributed by atoms with E-state index >= 15 is 0 Å². The van der Waals surface area contributed by atoms with E-state index in [0.29, 0.717) is 31.1 Å². The lowest BCUT2D eigenvalue weighted by molar-refractivity contribution is 0.327. The topological polar surface area (TPSA) is 75.9 Å². The number of nitrogens with zero attached hydrogens (tertiary/aromatic N) is 2. The Morgan fingerprint density at radius 1 is 1.24 bits per heavy atom. The van der Waals surface area contributed by atoms with Crippen LogP contribution < -0.4 is 10.5 Å². The summed E-state index contributed by atoms with van der Waals surface area (Å²) >= 11 is 0. The largest absolute Gasteiger partial charge is 0.492 e. The first-order valence-electron chi connectivity index (χ1n) is 7.16. The molecule has 1 aliphatic rings. The van der Waals surface area contributed by atoms with Crippen molar-refractivity contribution in [2.75, 3.05) is 45.6 Å². The summed E-state index contributed by atoms with van der Waals surface area (Å²) < 4.78 is 32.7. The van der Waals surface area contributed by atoms with E-state index in [1.165, 1.54) is 10.4 Å². The lowest BCUT2D eigenvalue weighted by Crippen LogP contribution is -2.34. The Hall–Kier alpha value is -1.31. The fourth-order valence-corrected chi connectivity index (χ4v) is 4.04. The van der Waals surface area contributed by atoms with Gasteiger partial charge in [-0.15, -0.1) is 0 Å². The highest BCUT2D eigenvalue weighted by atomic mass is 32.2. The Kier molecular flexibility index (Phi) is 5.08. The van der Waals surface area contributed by atoms with Crippen molar-refractivity contribution in [2.45, 2.75) is 18.2 Å². The van der Waals surface area contributed by atoms with Crippen molar-refractivity contribution < 1.29 is 13.2 Å². The van der Waals surface area contributed by atoms with Gasteiger partial charge in [-0.2, -0.15) is 4.31 Å². The molecule has 7 heteroatoms. The summed E-state index contributed by atoms with van der Waals surface area (Å²) in [4.78, 5) is 2.30. The first kappa shape index (κ1) is 16.1. The lowest BCUT2D eigenvalue weighted by Gasteiger charge is -2.22. The van der Waals surface area contributed by atoms with Gasteiger partial charge in [-0.3, -0.25) is 0 Å². The Bertz CT molecular complexity index is 589.